The van der Waals surface area contributed by atoms with Gasteiger partial charge in [-0.2, -0.15) is 0 Å². The highest BCUT2D eigenvalue weighted by atomic mass is 16.3. The van der Waals surface area contributed by atoms with E-state index in [2.05, 4.69) is 24.5 Å². The number of carbonyl (C=O) groups excluding carboxylic acids is 1. The first-order valence-corrected chi connectivity index (χ1v) is 7.16. The molecule has 20 heavy (non-hydrogen) atoms. The number of aliphatic hydroxyl groups excluding tert-OH is 1. The monoisotopic (exact) mass is 276 g/mol. The Hall–Kier alpha value is -1.55. The molecule has 0 aromatic heterocycles. The van der Waals surface area contributed by atoms with Crippen LogP contribution < -0.4 is 10.6 Å². The molecule has 0 bridgehead atoms. The Morgan fingerprint density at radius 1 is 1.25 bits per heavy atom. The summed E-state index contributed by atoms with van der Waals surface area (Å²) in [5.41, 5.74) is 1.73. The van der Waals surface area contributed by atoms with E-state index in [4.69, 9.17) is 0 Å². The Bertz CT molecular complexity index is 480. The van der Waals surface area contributed by atoms with Crippen molar-refractivity contribution in [3.63, 3.8) is 0 Å². The quantitative estimate of drug-likeness (QED) is 0.792. The lowest BCUT2D eigenvalue weighted by Crippen LogP contribution is -2.56. The number of nitrogens with one attached hydrogen (secondary N) is 2. The molecule has 2 rings (SSSR count). The highest BCUT2D eigenvalue weighted by Crippen LogP contribution is 2.42. The number of aliphatic hydroxyl groups is 1. The summed E-state index contributed by atoms with van der Waals surface area (Å²) in [6.45, 7) is 7.87. The van der Waals surface area contributed by atoms with Crippen molar-refractivity contribution in [2.75, 3.05) is 10.6 Å². The van der Waals surface area contributed by atoms with Crippen LogP contribution >= 0.6 is 0 Å². The lowest BCUT2D eigenvalue weighted by atomic mass is 9.64. The summed E-state index contributed by atoms with van der Waals surface area (Å²) in [6, 6.07) is 7.98. The van der Waals surface area contributed by atoms with Crippen LogP contribution in [0.4, 0.5) is 11.4 Å². The molecule has 1 saturated carbocycles. The van der Waals surface area contributed by atoms with Gasteiger partial charge in [0.15, 0.2) is 0 Å². The maximum Gasteiger partial charge on any atom is 0.226 e. The number of benzene rings is 1. The Morgan fingerprint density at radius 3 is 2.25 bits per heavy atom. The van der Waals surface area contributed by atoms with E-state index in [-0.39, 0.29) is 29.4 Å². The summed E-state index contributed by atoms with van der Waals surface area (Å²) in [6.07, 6.45) is 0.545. The van der Waals surface area contributed by atoms with Crippen LogP contribution in [0.5, 0.6) is 0 Å². The molecule has 0 radical (unpaired) electrons. The van der Waals surface area contributed by atoms with Crippen molar-refractivity contribution in [3.8, 4) is 0 Å². The summed E-state index contributed by atoms with van der Waals surface area (Å²) in [5.74, 6) is -0.000905. The van der Waals surface area contributed by atoms with E-state index in [9.17, 15) is 9.90 Å². The van der Waals surface area contributed by atoms with Crippen molar-refractivity contribution in [2.45, 2.75) is 46.3 Å². The van der Waals surface area contributed by atoms with E-state index in [1.165, 1.54) is 0 Å². The van der Waals surface area contributed by atoms with Crippen molar-refractivity contribution in [1.82, 2.24) is 0 Å². The van der Waals surface area contributed by atoms with Crippen LogP contribution in [0.3, 0.4) is 0 Å². The minimum Gasteiger partial charge on any atom is -0.392 e. The number of amides is 1. The highest BCUT2D eigenvalue weighted by molar-refractivity contribution is 5.92. The van der Waals surface area contributed by atoms with Crippen LogP contribution in [0.2, 0.25) is 0 Å². The first-order chi connectivity index (χ1) is 9.30. The molecule has 1 fully saturated rings. The zero-order valence-electron chi connectivity index (χ0n) is 12.6. The predicted molar refractivity (Wildman–Crippen MR) is 81.7 cm³/mol. The largest absolute Gasteiger partial charge is 0.392 e. The Morgan fingerprint density at radius 2 is 1.80 bits per heavy atom. The number of anilines is 2. The van der Waals surface area contributed by atoms with E-state index < -0.39 is 0 Å². The third kappa shape index (κ3) is 2.96. The van der Waals surface area contributed by atoms with Gasteiger partial charge in [0, 0.05) is 28.7 Å². The average Bonchev–Trinajstić information content (AvgIpc) is 2.40. The molecule has 0 saturated heterocycles. The van der Waals surface area contributed by atoms with Crippen LogP contribution in [0.15, 0.2) is 24.3 Å². The number of hydrogen-bond acceptors (Lipinski definition) is 3. The Balaban J connectivity index is 1.94. The van der Waals surface area contributed by atoms with Crippen molar-refractivity contribution in [2.24, 2.45) is 11.3 Å². The predicted octanol–water partition coefficient (Wildman–Crippen LogP) is 2.85. The summed E-state index contributed by atoms with van der Waals surface area (Å²) >= 11 is 0. The normalized spacial score (nSPS) is 24.1. The molecule has 1 aromatic rings. The average molecular weight is 276 g/mol. The molecule has 1 aliphatic carbocycles. The molecule has 3 N–H and O–H groups in total. The van der Waals surface area contributed by atoms with Gasteiger partial charge in [-0.3, -0.25) is 4.79 Å². The van der Waals surface area contributed by atoms with Gasteiger partial charge in [-0.1, -0.05) is 27.7 Å². The standard InChI is InChI=1S/C16H24N2O2/c1-10(2)15(20)18-12-7-5-11(6-8-12)17-13-9-14(19)16(13,3)4/h5-8,10,13-14,17,19H,9H2,1-4H3,(H,18,20). The minimum atomic E-state index is -0.232. The maximum atomic E-state index is 11.6. The van der Waals surface area contributed by atoms with Gasteiger partial charge in [0.2, 0.25) is 5.91 Å². The summed E-state index contributed by atoms with van der Waals surface area (Å²) < 4.78 is 0. The van der Waals surface area contributed by atoms with Crippen molar-refractivity contribution in [1.29, 1.82) is 0 Å². The summed E-state index contributed by atoms with van der Waals surface area (Å²) in [5, 5.41) is 16.0. The third-order valence-electron chi connectivity index (χ3n) is 4.23. The molecule has 110 valence electrons. The molecule has 0 spiro atoms. The molecule has 2 atom stereocenters. The van der Waals surface area contributed by atoms with Crippen molar-refractivity contribution in [3.05, 3.63) is 24.3 Å². The fourth-order valence-electron chi connectivity index (χ4n) is 2.28. The zero-order valence-corrected chi connectivity index (χ0v) is 12.6. The number of carbonyl (C=O) groups is 1. The van der Waals surface area contributed by atoms with Crippen molar-refractivity contribution >= 4 is 17.3 Å². The summed E-state index contributed by atoms with van der Waals surface area (Å²) in [4.78, 5) is 11.6. The lowest BCUT2D eigenvalue weighted by Gasteiger charge is -2.49. The van der Waals surface area contributed by atoms with Gasteiger partial charge >= 0.3 is 0 Å². The topological polar surface area (TPSA) is 61.4 Å². The number of hydrogen-bond donors (Lipinski definition) is 3. The van der Waals surface area contributed by atoms with Crippen LogP contribution in [0.25, 0.3) is 0 Å². The molecule has 0 aliphatic heterocycles. The molecule has 1 aliphatic rings. The van der Waals surface area contributed by atoms with E-state index >= 15 is 0 Å². The zero-order chi connectivity index (χ0) is 14.9. The van der Waals surface area contributed by atoms with Crippen LogP contribution in [-0.2, 0) is 4.79 Å². The Kier molecular flexibility index (Phi) is 4.04. The summed E-state index contributed by atoms with van der Waals surface area (Å²) in [7, 11) is 0. The minimum absolute atomic E-state index is 0.0222. The van der Waals surface area contributed by atoms with Crippen LogP contribution in [-0.4, -0.2) is 23.2 Å². The molecule has 1 aromatic carbocycles. The lowest BCUT2D eigenvalue weighted by molar-refractivity contribution is -0.118. The fourth-order valence-corrected chi connectivity index (χ4v) is 2.28. The molecule has 0 heterocycles. The molecular formula is C16H24N2O2. The van der Waals surface area contributed by atoms with Gasteiger partial charge in [0.1, 0.15) is 0 Å². The van der Waals surface area contributed by atoms with Gasteiger partial charge in [-0.05, 0) is 30.7 Å². The molecular weight excluding hydrogens is 252 g/mol. The Labute approximate surface area is 120 Å². The van der Waals surface area contributed by atoms with Gasteiger partial charge < -0.3 is 15.7 Å². The SMILES string of the molecule is CC(C)C(=O)Nc1ccc(NC2CC(O)C2(C)C)cc1. The molecule has 4 heteroatoms. The number of rotatable bonds is 4. The van der Waals surface area contributed by atoms with Crippen LogP contribution in [0.1, 0.15) is 34.1 Å². The van der Waals surface area contributed by atoms with Crippen LogP contribution in [0, 0.1) is 11.3 Å². The first-order valence-electron chi connectivity index (χ1n) is 7.16. The second-order valence-electron chi connectivity index (χ2n) is 6.49. The van der Waals surface area contributed by atoms with Crippen molar-refractivity contribution < 1.29 is 9.90 Å². The molecule has 1 amide bonds. The molecule has 4 nitrogen and oxygen atoms in total. The smallest absolute Gasteiger partial charge is 0.226 e. The second kappa shape index (κ2) is 5.44. The first kappa shape index (κ1) is 14.9. The van der Waals surface area contributed by atoms with E-state index in [0.29, 0.717) is 0 Å². The van der Waals surface area contributed by atoms with Gasteiger partial charge in [0.05, 0.1) is 6.10 Å². The van der Waals surface area contributed by atoms with Gasteiger partial charge in [0.25, 0.3) is 0 Å². The van der Waals surface area contributed by atoms with E-state index in [1.54, 1.807) is 0 Å². The van der Waals surface area contributed by atoms with E-state index in [0.717, 1.165) is 17.8 Å². The molecule has 2 unspecified atom stereocenters. The second-order valence-corrected chi connectivity index (χ2v) is 6.49. The maximum absolute atomic E-state index is 11.6. The van der Waals surface area contributed by atoms with E-state index in [1.807, 2.05) is 38.1 Å². The fraction of sp³-hybridized carbons (Fsp3) is 0.562. The van der Waals surface area contributed by atoms with Gasteiger partial charge in [-0.25, -0.2) is 0 Å². The van der Waals surface area contributed by atoms with Gasteiger partial charge in [-0.15, -0.1) is 0 Å². The third-order valence-corrected chi connectivity index (χ3v) is 4.23. The highest BCUT2D eigenvalue weighted by Gasteiger charge is 2.47.